The Morgan fingerprint density at radius 2 is 1.73 bits per heavy atom. The predicted molar refractivity (Wildman–Crippen MR) is 52.5 cm³/mol. The lowest BCUT2D eigenvalue weighted by Gasteiger charge is -2.24. The summed E-state index contributed by atoms with van der Waals surface area (Å²) >= 11 is 0. The summed E-state index contributed by atoms with van der Waals surface area (Å²) < 4.78 is 37.9. The number of aliphatic hydroxyl groups is 1. The van der Waals surface area contributed by atoms with Crippen molar-refractivity contribution in [3.63, 3.8) is 0 Å². The molecule has 1 aliphatic carbocycles. The van der Waals surface area contributed by atoms with E-state index in [0.717, 1.165) is 0 Å². The van der Waals surface area contributed by atoms with E-state index >= 15 is 0 Å². The molecule has 1 N–H and O–H groups in total. The minimum atomic E-state index is -4.45. The first kappa shape index (κ1) is 12.1. The van der Waals surface area contributed by atoms with Gasteiger partial charge in [0.25, 0.3) is 0 Å². The van der Waals surface area contributed by atoms with Crippen molar-refractivity contribution in [1.82, 2.24) is 0 Å². The van der Waals surface area contributed by atoms with Crippen LogP contribution in [0.25, 0.3) is 0 Å². The third-order valence-electron chi connectivity index (χ3n) is 2.72. The van der Waals surface area contributed by atoms with Gasteiger partial charge in [-0.3, -0.25) is 0 Å². The fraction of sp³-hybridized carbons (Fsp3) is 0.636. The molecular weight excluding hydrogens is 205 g/mol. The second kappa shape index (κ2) is 3.91. The van der Waals surface area contributed by atoms with Gasteiger partial charge in [0.15, 0.2) is 0 Å². The number of rotatable bonds is 1. The zero-order valence-electron chi connectivity index (χ0n) is 9.07. The highest BCUT2D eigenvalue weighted by atomic mass is 19.4. The largest absolute Gasteiger partial charge is 0.507 e. The number of hydrogen-bond acceptors (Lipinski definition) is 1. The van der Waals surface area contributed by atoms with Crippen LogP contribution < -0.4 is 0 Å². The van der Waals surface area contributed by atoms with Crippen LogP contribution in [0, 0.1) is 5.92 Å². The zero-order valence-corrected chi connectivity index (χ0v) is 9.07. The van der Waals surface area contributed by atoms with Crippen LogP contribution in [0.3, 0.4) is 0 Å². The molecule has 0 aromatic rings. The zero-order chi connectivity index (χ0) is 11.8. The van der Waals surface area contributed by atoms with Crippen LogP contribution >= 0.6 is 0 Å². The molecule has 0 saturated heterocycles. The predicted octanol–water partition coefficient (Wildman–Crippen LogP) is 4.13. The topological polar surface area (TPSA) is 20.2 Å². The molecule has 15 heavy (non-hydrogen) atoms. The molecular formula is C11H15F3O. The van der Waals surface area contributed by atoms with Crippen LogP contribution in [0.1, 0.15) is 33.6 Å². The summed E-state index contributed by atoms with van der Waals surface area (Å²) in [6.07, 6.45) is -3.55. The molecule has 0 aromatic carbocycles. The summed E-state index contributed by atoms with van der Waals surface area (Å²) in [6.45, 7) is 5.01. The molecule has 86 valence electrons. The standard InChI is InChI=1S/C11H15F3O/c1-6(2)8-5-4-7(3)9(10(8)15)11(12,13)14/h6,15H,4-5H2,1-3H3. The first-order valence-electron chi connectivity index (χ1n) is 4.94. The lowest BCUT2D eigenvalue weighted by atomic mass is 9.86. The monoisotopic (exact) mass is 220 g/mol. The first-order valence-corrected chi connectivity index (χ1v) is 4.94. The smallest absolute Gasteiger partial charge is 0.419 e. The average molecular weight is 220 g/mol. The summed E-state index contributed by atoms with van der Waals surface area (Å²) in [5.41, 5.74) is -0.102. The quantitative estimate of drug-likeness (QED) is 0.704. The number of halogens is 3. The number of allylic oxidation sites excluding steroid dienone is 3. The molecule has 0 spiro atoms. The molecule has 0 amide bonds. The second-order valence-electron chi connectivity index (χ2n) is 4.18. The van der Waals surface area contributed by atoms with Crippen molar-refractivity contribution in [3.05, 3.63) is 22.5 Å². The molecule has 0 atom stereocenters. The fourth-order valence-electron chi connectivity index (χ4n) is 1.87. The van der Waals surface area contributed by atoms with E-state index in [4.69, 9.17) is 0 Å². The lowest BCUT2D eigenvalue weighted by molar-refractivity contribution is -0.0940. The van der Waals surface area contributed by atoms with Gasteiger partial charge in [-0.25, -0.2) is 0 Å². The van der Waals surface area contributed by atoms with Crippen molar-refractivity contribution in [2.75, 3.05) is 0 Å². The highest BCUT2D eigenvalue weighted by molar-refractivity contribution is 5.41. The molecule has 0 fully saturated rings. The number of hydrogen-bond donors (Lipinski definition) is 1. The van der Waals surface area contributed by atoms with E-state index in [0.29, 0.717) is 18.4 Å². The van der Waals surface area contributed by atoms with E-state index in [1.807, 2.05) is 0 Å². The minimum Gasteiger partial charge on any atom is -0.507 e. The number of aliphatic hydroxyl groups excluding tert-OH is 1. The van der Waals surface area contributed by atoms with Crippen LogP contribution in [0.2, 0.25) is 0 Å². The van der Waals surface area contributed by atoms with Crippen molar-refractivity contribution < 1.29 is 18.3 Å². The van der Waals surface area contributed by atoms with Crippen molar-refractivity contribution in [2.45, 2.75) is 39.8 Å². The van der Waals surface area contributed by atoms with Crippen molar-refractivity contribution in [1.29, 1.82) is 0 Å². The van der Waals surface area contributed by atoms with Gasteiger partial charge in [0.2, 0.25) is 0 Å². The fourth-order valence-corrected chi connectivity index (χ4v) is 1.87. The Morgan fingerprint density at radius 1 is 1.20 bits per heavy atom. The van der Waals surface area contributed by atoms with Gasteiger partial charge in [-0.2, -0.15) is 13.2 Å². The Labute approximate surface area is 87.3 Å². The van der Waals surface area contributed by atoms with Crippen LogP contribution in [-0.2, 0) is 0 Å². The Morgan fingerprint density at radius 3 is 2.13 bits per heavy atom. The molecule has 0 aliphatic heterocycles. The van der Waals surface area contributed by atoms with Gasteiger partial charge in [-0.05, 0) is 31.3 Å². The van der Waals surface area contributed by atoms with E-state index in [-0.39, 0.29) is 11.5 Å². The number of alkyl halides is 3. The Hall–Kier alpha value is -0.930. The molecule has 1 nitrogen and oxygen atoms in total. The Bertz CT molecular complexity index is 321. The van der Waals surface area contributed by atoms with Crippen molar-refractivity contribution in [2.24, 2.45) is 5.92 Å². The highest BCUT2D eigenvalue weighted by Crippen LogP contribution is 2.41. The van der Waals surface area contributed by atoms with E-state index in [2.05, 4.69) is 0 Å². The second-order valence-corrected chi connectivity index (χ2v) is 4.18. The first-order chi connectivity index (χ1) is 6.75. The van der Waals surface area contributed by atoms with Crippen molar-refractivity contribution >= 4 is 0 Å². The molecule has 4 heteroatoms. The van der Waals surface area contributed by atoms with Gasteiger partial charge in [0.1, 0.15) is 5.76 Å². The Balaban J connectivity index is 3.23. The average Bonchev–Trinajstić information content (AvgIpc) is 2.00. The third kappa shape index (κ3) is 2.36. The summed E-state index contributed by atoms with van der Waals surface area (Å²) in [5, 5.41) is 9.61. The highest BCUT2D eigenvalue weighted by Gasteiger charge is 2.40. The van der Waals surface area contributed by atoms with E-state index in [1.165, 1.54) is 6.92 Å². The normalized spacial score (nSPS) is 19.1. The van der Waals surface area contributed by atoms with Crippen LogP contribution in [0.15, 0.2) is 22.5 Å². The maximum atomic E-state index is 12.6. The van der Waals surface area contributed by atoms with Gasteiger partial charge in [-0.15, -0.1) is 0 Å². The molecule has 0 aromatic heterocycles. The van der Waals surface area contributed by atoms with Gasteiger partial charge in [0.05, 0.1) is 5.57 Å². The maximum Gasteiger partial charge on any atom is 0.419 e. The van der Waals surface area contributed by atoms with E-state index in [1.54, 1.807) is 13.8 Å². The van der Waals surface area contributed by atoms with Crippen molar-refractivity contribution in [3.8, 4) is 0 Å². The van der Waals surface area contributed by atoms with E-state index < -0.39 is 17.5 Å². The molecule has 0 radical (unpaired) electrons. The molecule has 0 saturated carbocycles. The Kier molecular flexibility index (Phi) is 3.16. The summed E-state index contributed by atoms with van der Waals surface area (Å²) in [6, 6.07) is 0. The minimum absolute atomic E-state index is 0.0459. The molecule has 0 bridgehead atoms. The van der Waals surface area contributed by atoms with Gasteiger partial charge in [-0.1, -0.05) is 19.4 Å². The summed E-state index contributed by atoms with van der Waals surface area (Å²) in [4.78, 5) is 0. The molecule has 0 heterocycles. The lowest BCUT2D eigenvalue weighted by Crippen LogP contribution is -2.21. The third-order valence-corrected chi connectivity index (χ3v) is 2.72. The SMILES string of the molecule is CC1=C(C(F)(F)F)C(O)=C(C(C)C)CC1. The van der Waals surface area contributed by atoms with Crippen LogP contribution in [0.4, 0.5) is 13.2 Å². The van der Waals surface area contributed by atoms with Gasteiger partial charge < -0.3 is 5.11 Å². The molecule has 0 unspecified atom stereocenters. The molecule has 1 aliphatic rings. The van der Waals surface area contributed by atoms with E-state index in [9.17, 15) is 18.3 Å². The van der Waals surface area contributed by atoms with Crippen LogP contribution in [-0.4, -0.2) is 11.3 Å². The van der Waals surface area contributed by atoms with Gasteiger partial charge >= 0.3 is 6.18 Å². The van der Waals surface area contributed by atoms with Gasteiger partial charge in [0, 0.05) is 0 Å². The van der Waals surface area contributed by atoms with Crippen LogP contribution in [0.5, 0.6) is 0 Å². The summed E-state index contributed by atoms with van der Waals surface area (Å²) in [5.74, 6) is -0.600. The summed E-state index contributed by atoms with van der Waals surface area (Å²) in [7, 11) is 0. The molecule has 1 rings (SSSR count). The maximum absolute atomic E-state index is 12.6.